The zero-order valence-electron chi connectivity index (χ0n) is 12.8. The number of likely N-dealkylation sites (tertiary alicyclic amines) is 1. The number of aromatic amines is 1. The van der Waals surface area contributed by atoms with E-state index >= 15 is 0 Å². The number of piperidine rings is 1. The van der Waals surface area contributed by atoms with Crippen LogP contribution in [0.15, 0.2) is 60.8 Å². The summed E-state index contributed by atoms with van der Waals surface area (Å²) in [6, 6.07) is 19.9. The van der Waals surface area contributed by atoms with Gasteiger partial charge in [0.15, 0.2) is 0 Å². The van der Waals surface area contributed by atoms with Crippen molar-refractivity contribution >= 4 is 10.9 Å². The Morgan fingerprint density at radius 2 is 1.55 bits per heavy atom. The zero-order valence-corrected chi connectivity index (χ0v) is 12.8. The van der Waals surface area contributed by atoms with Gasteiger partial charge in [0, 0.05) is 17.1 Å². The van der Waals surface area contributed by atoms with E-state index in [4.69, 9.17) is 0 Å². The molecular weight excluding hydrogens is 268 g/mol. The topological polar surface area (TPSA) is 19.0 Å². The predicted octanol–water partition coefficient (Wildman–Crippen LogP) is 4.74. The fourth-order valence-corrected chi connectivity index (χ4v) is 3.72. The van der Waals surface area contributed by atoms with E-state index in [1.807, 2.05) is 0 Å². The molecule has 1 atom stereocenters. The van der Waals surface area contributed by atoms with Crippen LogP contribution in [-0.4, -0.2) is 23.0 Å². The standard InChI is InChI=1S/C20H22N2/c1-3-9-16(10-4-1)20(22-13-7-2-8-14-22)18-15-21-19-12-6-5-11-17(18)19/h1,3-6,9-12,15,20-21H,2,7-8,13-14H2. The Labute approximate surface area is 131 Å². The molecular formula is C20H22N2. The van der Waals surface area contributed by atoms with Crippen molar-refractivity contribution in [3.63, 3.8) is 0 Å². The average Bonchev–Trinajstić information content (AvgIpc) is 3.01. The normalized spacial score (nSPS) is 17.6. The minimum atomic E-state index is 0.359. The van der Waals surface area contributed by atoms with Gasteiger partial charge in [-0.2, -0.15) is 0 Å². The van der Waals surface area contributed by atoms with E-state index < -0.39 is 0 Å². The molecule has 1 aromatic heterocycles. The van der Waals surface area contributed by atoms with E-state index in [2.05, 4.69) is 70.7 Å². The van der Waals surface area contributed by atoms with Crippen LogP contribution in [0.25, 0.3) is 10.9 Å². The molecule has 1 aliphatic rings. The van der Waals surface area contributed by atoms with E-state index in [0.29, 0.717) is 6.04 Å². The summed E-state index contributed by atoms with van der Waals surface area (Å²) in [5.74, 6) is 0. The van der Waals surface area contributed by atoms with Crippen molar-refractivity contribution in [3.8, 4) is 0 Å². The molecule has 22 heavy (non-hydrogen) atoms. The molecule has 2 aromatic carbocycles. The van der Waals surface area contributed by atoms with Crippen molar-refractivity contribution in [3.05, 3.63) is 71.9 Å². The van der Waals surface area contributed by atoms with Crippen LogP contribution >= 0.6 is 0 Å². The highest BCUT2D eigenvalue weighted by atomic mass is 15.2. The van der Waals surface area contributed by atoms with Crippen molar-refractivity contribution < 1.29 is 0 Å². The van der Waals surface area contributed by atoms with Gasteiger partial charge in [-0.3, -0.25) is 4.90 Å². The number of aromatic nitrogens is 1. The second-order valence-electron chi connectivity index (χ2n) is 6.20. The number of hydrogen-bond acceptors (Lipinski definition) is 1. The molecule has 4 rings (SSSR count). The van der Waals surface area contributed by atoms with Gasteiger partial charge < -0.3 is 4.98 Å². The third-order valence-corrected chi connectivity index (χ3v) is 4.79. The first-order valence-electron chi connectivity index (χ1n) is 8.28. The van der Waals surface area contributed by atoms with Gasteiger partial charge in [-0.25, -0.2) is 0 Å². The molecule has 0 amide bonds. The summed E-state index contributed by atoms with van der Waals surface area (Å²) < 4.78 is 0. The van der Waals surface area contributed by atoms with Crippen LogP contribution < -0.4 is 0 Å². The summed E-state index contributed by atoms with van der Waals surface area (Å²) in [6.07, 6.45) is 6.19. The number of para-hydroxylation sites is 1. The quantitative estimate of drug-likeness (QED) is 0.738. The second-order valence-corrected chi connectivity index (χ2v) is 6.20. The lowest BCUT2D eigenvalue weighted by Gasteiger charge is -2.35. The minimum Gasteiger partial charge on any atom is -0.361 e. The Bertz CT molecular complexity index is 739. The maximum absolute atomic E-state index is 3.45. The number of H-pyrrole nitrogens is 1. The summed E-state index contributed by atoms with van der Waals surface area (Å²) in [5, 5.41) is 1.35. The minimum absolute atomic E-state index is 0.359. The number of rotatable bonds is 3. The monoisotopic (exact) mass is 290 g/mol. The average molecular weight is 290 g/mol. The van der Waals surface area contributed by atoms with Gasteiger partial charge in [-0.15, -0.1) is 0 Å². The van der Waals surface area contributed by atoms with E-state index in [0.717, 1.165) is 0 Å². The lowest BCUT2D eigenvalue weighted by atomic mass is 9.94. The van der Waals surface area contributed by atoms with Crippen molar-refractivity contribution in [1.29, 1.82) is 0 Å². The SMILES string of the molecule is c1ccc(C(c2c[nH]c3ccccc23)N2CCCCC2)cc1. The van der Waals surface area contributed by atoms with Crippen LogP contribution in [0.2, 0.25) is 0 Å². The van der Waals surface area contributed by atoms with Crippen LogP contribution in [0.5, 0.6) is 0 Å². The number of hydrogen-bond donors (Lipinski definition) is 1. The first-order valence-corrected chi connectivity index (χ1v) is 8.28. The van der Waals surface area contributed by atoms with Crippen LogP contribution in [-0.2, 0) is 0 Å². The van der Waals surface area contributed by atoms with Crippen molar-refractivity contribution in [1.82, 2.24) is 9.88 Å². The Hall–Kier alpha value is -2.06. The Kier molecular flexibility index (Phi) is 3.69. The molecule has 0 radical (unpaired) electrons. The molecule has 112 valence electrons. The molecule has 0 aliphatic carbocycles. The van der Waals surface area contributed by atoms with Crippen molar-refractivity contribution in [2.24, 2.45) is 0 Å². The molecule has 2 nitrogen and oxygen atoms in total. The van der Waals surface area contributed by atoms with Gasteiger partial charge in [0.05, 0.1) is 6.04 Å². The van der Waals surface area contributed by atoms with Gasteiger partial charge in [-0.1, -0.05) is 55.0 Å². The maximum Gasteiger partial charge on any atom is 0.0622 e. The first-order chi connectivity index (χ1) is 10.9. The van der Waals surface area contributed by atoms with Gasteiger partial charge in [0.2, 0.25) is 0 Å². The van der Waals surface area contributed by atoms with Crippen molar-refractivity contribution in [2.75, 3.05) is 13.1 Å². The van der Waals surface area contributed by atoms with E-state index in [1.165, 1.54) is 54.4 Å². The molecule has 3 aromatic rings. The van der Waals surface area contributed by atoms with E-state index in [-0.39, 0.29) is 0 Å². The number of fused-ring (bicyclic) bond motifs is 1. The number of benzene rings is 2. The third-order valence-electron chi connectivity index (χ3n) is 4.79. The molecule has 1 fully saturated rings. The molecule has 0 spiro atoms. The molecule has 0 saturated carbocycles. The molecule has 1 aliphatic heterocycles. The highest BCUT2D eigenvalue weighted by Gasteiger charge is 2.25. The maximum atomic E-state index is 3.45. The Morgan fingerprint density at radius 1 is 0.818 bits per heavy atom. The lowest BCUT2D eigenvalue weighted by molar-refractivity contribution is 0.188. The summed E-state index contributed by atoms with van der Waals surface area (Å²) >= 11 is 0. The number of nitrogens with one attached hydrogen (secondary N) is 1. The fraction of sp³-hybridized carbons (Fsp3) is 0.300. The van der Waals surface area contributed by atoms with Gasteiger partial charge in [0.1, 0.15) is 0 Å². The van der Waals surface area contributed by atoms with Crippen LogP contribution in [0, 0.1) is 0 Å². The molecule has 2 heterocycles. The van der Waals surface area contributed by atoms with E-state index in [1.54, 1.807) is 0 Å². The molecule has 1 N–H and O–H groups in total. The lowest BCUT2D eigenvalue weighted by Crippen LogP contribution is -2.34. The Balaban J connectivity index is 1.83. The molecule has 1 saturated heterocycles. The second kappa shape index (κ2) is 5.98. The van der Waals surface area contributed by atoms with E-state index in [9.17, 15) is 0 Å². The summed E-state index contributed by atoms with van der Waals surface area (Å²) in [7, 11) is 0. The highest BCUT2D eigenvalue weighted by Crippen LogP contribution is 2.35. The summed E-state index contributed by atoms with van der Waals surface area (Å²) in [6.45, 7) is 2.39. The zero-order chi connectivity index (χ0) is 14.8. The predicted molar refractivity (Wildman–Crippen MR) is 92.0 cm³/mol. The van der Waals surface area contributed by atoms with Gasteiger partial charge in [0.25, 0.3) is 0 Å². The van der Waals surface area contributed by atoms with Crippen molar-refractivity contribution in [2.45, 2.75) is 25.3 Å². The number of nitrogens with zero attached hydrogens (tertiary/aromatic N) is 1. The van der Waals surface area contributed by atoms with Crippen LogP contribution in [0.4, 0.5) is 0 Å². The van der Waals surface area contributed by atoms with Gasteiger partial charge in [-0.05, 0) is 43.1 Å². The third kappa shape index (κ3) is 2.44. The summed E-state index contributed by atoms with van der Waals surface area (Å²) in [4.78, 5) is 6.10. The van der Waals surface area contributed by atoms with Crippen LogP contribution in [0.1, 0.15) is 36.4 Å². The largest absolute Gasteiger partial charge is 0.361 e. The first kappa shape index (κ1) is 13.6. The smallest absolute Gasteiger partial charge is 0.0622 e. The highest BCUT2D eigenvalue weighted by molar-refractivity contribution is 5.84. The van der Waals surface area contributed by atoms with Gasteiger partial charge >= 0.3 is 0 Å². The molecule has 1 unspecified atom stereocenters. The molecule has 2 heteroatoms. The summed E-state index contributed by atoms with van der Waals surface area (Å²) in [5.41, 5.74) is 4.04. The molecule has 0 bridgehead atoms. The Morgan fingerprint density at radius 3 is 2.36 bits per heavy atom. The van der Waals surface area contributed by atoms with Crippen LogP contribution in [0.3, 0.4) is 0 Å². The fourth-order valence-electron chi connectivity index (χ4n) is 3.72.